The van der Waals surface area contributed by atoms with Gasteiger partial charge in [0, 0.05) is 30.4 Å². The maximum Gasteiger partial charge on any atom is 0.130 e. The smallest absolute Gasteiger partial charge is 0.130 e. The van der Waals surface area contributed by atoms with Crippen LogP contribution >= 0.6 is 0 Å². The van der Waals surface area contributed by atoms with Crippen LogP contribution in [0.4, 0.5) is 5.82 Å². The molecule has 0 bridgehead atoms. The number of aromatic nitrogens is 1. The summed E-state index contributed by atoms with van der Waals surface area (Å²) >= 11 is 0. The summed E-state index contributed by atoms with van der Waals surface area (Å²) in [6.45, 7) is 5.87. The van der Waals surface area contributed by atoms with Crippen molar-refractivity contribution in [2.45, 2.75) is 26.8 Å². The summed E-state index contributed by atoms with van der Waals surface area (Å²) in [6.07, 6.45) is 3.04. The van der Waals surface area contributed by atoms with Gasteiger partial charge >= 0.3 is 0 Å². The summed E-state index contributed by atoms with van der Waals surface area (Å²) in [5.74, 6) is 1.60. The zero-order valence-corrected chi connectivity index (χ0v) is 12.3. The Bertz CT molecular complexity index is 535. The first kappa shape index (κ1) is 14.5. The van der Waals surface area contributed by atoms with Crippen LogP contribution in [0.5, 0.6) is 0 Å². The molecule has 0 saturated heterocycles. The average molecular weight is 269 g/mol. The molecule has 0 aliphatic rings. The molecular formula is C17H23N3. The first-order valence-corrected chi connectivity index (χ1v) is 7.19. The average Bonchev–Trinajstić information content (AvgIpc) is 2.48. The van der Waals surface area contributed by atoms with Gasteiger partial charge in [-0.2, -0.15) is 0 Å². The minimum atomic E-state index is 0.498. The standard InChI is InChI=1S/C17H23N3/c1-13(2)8-9-19-17-15(11-18)10-16(12-20-17)14-6-4-3-5-7-14/h3-7,10,12-13H,8-9,11,18H2,1-2H3,(H,19,20). The Kier molecular flexibility index (Phi) is 5.13. The number of anilines is 1. The second-order valence-electron chi connectivity index (χ2n) is 5.41. The first-order valence-electron chi connectivity index (χ1n) is 7.19. The predicted octanol–water partition coefficient (Wildman–Crippen LogP) is 3.67. The van der Waals surface area contributed by atoms with Crippen LogP contribution in [0.1, 0.15) is 25.8 Å². The van der Waals surface area contributed by atoms with Crippen molar-refractivity contribution in [3.8, 4) is 11.1 Å². The van der Waals surface area contributed by atoms with Crippen molar-refractivity contribution in [1.82, 2.24) is 4.98 Å². The number of benzene rings is 1. The maximum absolute atomic E-state index is 5.85. The summed E-state index contributed by atoms with van der Waals surface area (Å²) in [7, 11) is 0. The van der Waals surface area contributed by atoms with Crippen molar-refractivity contribution in [2.75, 3.05) is 11.9 Å². The van der Waals surface area contributed by atoms with E-state index in [-0.39, 0.29) is 0 Å². The van der Waals surface area contributed by atoms with E-state index in [1.54, 1.807) is 0 Å². The molecule has 0 aliphatic carbocycles. The van der Waals surface area contributed by atoms with E-state index in [0.29, 0.717) is 12.5 Å². The highest BCUT2D eigenvalue weighted by molar-refractivity contribution is 5.65. The molecule has 0 amide bonds. The van der Waals surface area contributed by atoms with Crippen molar-refractivity contribution in [1.29, 1.82) is 0 Å². The lowest BCUT2D eigenvalue weighted by Gasteiger charge is -2.12. The van der Waals surface area contributed by atoms with Gasteiger partial charge in [0.15, 0.2) is 0 Å². The Morgan fingerprint density at radius 1 is 1.15 bits per heavy atom. The van der Waals surface area contributed by atoms with E-state index in [1.807, 2.05) is 24.4 Å². The van der Waals surface area contributed by atoms with Crippen LogP contribution in [0.3, 0.4) is 0 Å². The Hall–Kier alpha value is -1.87. The molecule has 106 valence electrons. The lowest BCUT2D eigenvalue weighted by Crippen LogP contribution is -2.10. The minimum absolute atomic E-state index is 0.498. The van der Waals surface area contributed by atoms with Gasteiger partial charge in [0.2, 0.25) is 0 Å². The van der Waals surface area contributed by atoms with E-state index in [9.17, 15) is 0 Å². The second kappa shape index (κ2) is 7.06. The number of nitrogens with one attached hydrogen (secondary N) is 1. The van der Waals surface area contributed by atoms with Gasteiger partial charge < -0.3 is 11.1 Å². The fraction of sp³-hybridized carbons (Fsp3) is 0.353. The predicted molar refractivity (Wildman–Crippen MR) is 85.5 cm³/mol. The Labute approximate surface area is 121 Å². The lowest BCUT2D eigenvalue weighted by atomic mass is 10.1. The molecule has 0 unspecified atom stereocenters. The Morgan fingerprint density at radius 2 is 1.90 bits per heavy atom. The third kappa shape index (κ3) is 3.81. The lowest BCUT2D eigenvalue weighted by molar-refractivity contribution is 0.606. The largest absolute Gasteiger partial charge is 0.370 e. The molecule has 1 aromatic carbocycles. The van der Waals surface area contributed by atoms with Gasteiger partial charge in [0.25, 0.3) is 0 Å². The van der Waals surface area contributed by atoms with E-state index >= 15 is 0 Å². The zero-order valence-electron chi connectivity index (χ0n) is 12.3. The third-order valence-corrected chi connectivity index (χ3v) is 3.31. The summed E-state index contributed by atoms with van der Waals surface area (Å²) in [5.41, 5.74) is 9.20. The van der Waals surface area contributed by atoms with E-state index in [4.69, 9.17) is 5.73 Å². The van der Waals surface area contributed by atoms with Gasteiger partial charge in [-0.3, -0.25) is 0 Å². The quantitative estimate of drug-likeness (QED) is 0.841. The van der Waals surface area contributed by atoms with Crippen LogP contribution in [-0.2, 0) is 6.54 Å². The number of nitrogens with two attached hydrogens (primary N) is 1. The first-order chi connectivity index (χ1) is 9.70. The van der Waals surface area contributed by atoms with Crippen molar-refractivity contribution < 1.29 is 0 Å². The summed E-state index contributed by atoms with van der Waals surface area (Å²) in [6, 6.07) is 12.4. The van der Waals surface area contributed by atoms with E-state index in [1.165, 1.54) is 5.56 Å². The van der Waals surface area contributed by atoms with Crippen LogP contribution in [0.15, 0.2) is 42.6 Å². The van der Waals surface area contributed by atoms with Crippen molar-refractivity contribution in [3.05, 3.63) is 48.2 Å². The topological polar surface area (TPSA) is 50.9 Å². The third-order valence-electron chi connectivity index (χ3n) is 3.31. The highest BCUT2D eigenvalue weighted by atomic mass is 15.0. The molecule has 3 N–H and O–H groups in total. The zero-order chi connectivity index (χ0) is 14.4. The molecule has 1 heterocycles. The molecule has 2 rings (SSSR count). The van der Waals surface area contributed by atoms with Crippen molar-refractivity contribution in [3.63, 3.8) is 0 Å². The monoisotopic (exact) mass is 269 g/mol. The molecule has 0 radical (unpaired) electrons. The Balaban J connectivity index is 2.16. The van der Waals surface area contributed by atoms with Gasteiger partial charge in [0.1, 0.15) is 5.82 Å². The van der Waals surface area contributed by atoms with E-state index < -0.39 is 0 Å². The maximum atomic E-state index is 5.85. The SMILES string of the molecule is CC(C)CCNc1ncc(-c2ccccc2)cc1CN. The molecule has 3 nitrogen and oxygen atoms in total. The number of hydrogen-bond donors (Lipinski definition) is 2. The molecule has 0 fully saturated rings. The van der Waals surface area contributed by atoms with Crippen LogP contribution in [0, 0.1) is 5.92 Å². The van der Waals surface area contributed by atoms with Gasteiger partial charge in [-0.25, -0.2) is 4.98 Å². The Morgan fingerprint density at radius 3 is 2.55 bits per heavy atom. The van der Waals surface area contributed by atoms with Gasteiger partial charge in [-0.05, 0) is 24.0 Å². The molecule has 1 aromatic heterocycles. The van der Waals surface area contributed by atoms with Gasteiger partial charge in [-0.1, -0.05) is 44.2 Å². The molecule has 2 aromatic rings. The molecule has 0 saturated carbocycles. The summed E-state index contributed by atoms with van der Waals surface area (Å²) in [4.78, 5) is 4.53. The van der Waals surface area contributed by atoms with Gasteiger partial charge in [0.05, 0.1) is 0 Å². The molecule has 3 heteroatoms. The number of rotatable bonds is 6. The van der Waals surface area contributed by atoms with Crippen LogP contribution in [0.2, 0.25) is 0 Å². The number of hydrogen-bond acceptors (Lipinski definition) is 3. The van der Waals surface area contributed by atoms with E-state index in [0.717, 1.165) is 29.9 Å². The fourth-order valence-corrected chi connectivity index (χ4v) is 2.09. The highest BCUT2D eigenvalue weighted by Crippen LogP contribution is 2.22. The van der Waals surface area contributed by atoms with Crippen molar-refractivity contribution in [2.24, 2.45) is 11.7 Å². The highest BCUT2D eigenvalue weighted by Gasteiger charge is 2.06. The second-order valence-corrected chi connectivity index (χ2v) is 5.41. The number of nitrogens with zero attached hydrogens (tertiary/aromatic N) is 1. The molecule has 0 atom stereocenters. The molecular weight excluding hydrogens is 246 g/mol. The summed E-state index contributed by atoms with van der Waals surface area (Å²) < 4.78 is 0. The van der Waals surface area contributed by atoms with Gasteiger partial charge in [-0.15, -0.1) is 0 Å². The van der Waals surface area contributed by atoms with Crippen molar-refractivity contribution >= 4 is 5.82 Å². The molecule has 0 aliphatic heterocycles. The van der Waals surface area contributed by atoms with Crippen LogP contribution in [-0.4, -0.2) is 11.5 Å². The van der Waals surface area contributed by atoms with E-state index in [2.05, 4.69) is 42.3 Å². The van der Waals surface area contributed by atoms with Crippen LogP contribution in [0.25, 0.3) is 11.1 Å². The minimum Gasteiger partial charge on any atom is -0.370 e. The fourth-order valence-electron chi connectivity index (χ4n) is 2.09. The summed E-state index contributed by atoms with van der Waals surface area (Å²) in [5, 5.41) is 3.38. The molecule has 0 spiro atoms. The number of pyridine rings is 1. The normalized spacial score (nSPS) is 10.8. The van der Waals surface area contributed by atoms with Crippen LogP contribution < -0.4 is 11.1 Å². The molecule has 20 heavy (non-hydrogen) atoms.